The number of aromatic nitrogens is 2. The van der Waals surface area contributed by atoms with Crippen LogP contribution in [0.15, 0.2) is 29.1 Å². The quantitative estimate of drug-likeness (QED) is 0.845. The molecule has 4 heteroatoms. The summed E-state index contributed by atoms with van der Waals surface area (Å²) in [6.07, 6.45) is 2.78. The molecular formula is C12H14N2O2. The predicted molar refractivity (Wildman–Crippen MR) is 61.5 cm³/mol. The summed E-state index contributed by atoms with van der Waals surface area (Å²) in [4.78, 5) is 14.5. The van der Waals surface area contributed by atoms with Gasteiger partial charge >= 0.3 is 5.69 Å². The van der Waals surface area contributed by atoms with E-state index in [0.717, 1.165) is 11.0 Å². The zero-order chi connectivity index (χ0) is 11.0. The van der Waals surface area contributed by atoms with Crippen LogP contribution in [0.1, 0.15) is 12.8 Å². The van der Waals surface area contributed by atoms with Crippen molar-refractivity contribution in [1.82, 2.24) is 9.55 Å². The van der Waals surface area contributed by atoms with Crippen LogP contribution in [-0.4, -0.2) is 22.3 Å². The van der Waals surface area contributed by atoms with E-state index >= 15 is 0 Å². The normalized spacial score (nSPS) is 15.8. The van der Waals surface area contributed by atoms with E-state index in [4.69, 9.17) is 4.74 Å². The van der Waals surface area contributed by atoms with Crippen molar-refractivity contribution in [2.45, 2.75) is 25.5 Å². The molecule has 1 aliphatic rings. The highest BCUT2D eigenvalue weighted by molar-refractivity contribution is 5.74. The topological polar surface area (TPSA) is 47.0 Å². The Hall–Kier alpha value is -1.55. The lowest BCUT2D eigenvalue weighted by Crippen LogP contribution is -2.19. The van der Waals surface area contributed by atoms with Gasteiger partial charge in [-0.3, -0.25) is 4.57 Å². The van der Waals surface area contributed by atoms with E-state index in [2.05, 4.69) is 4.98 Å². The van der Waals surface area contributed by atoms with E-state index < -0.39 is 0 Å². The molecule has 3 rings (SSSR count). The molecule has 0 bridgehead atoms. The van der Waals surface area contributed by atoms with Crippen LogP contribution < -0.4 is 5.69 Å². The molecule has 0 atom stereocenters. The number of hydrogen-bond acceptors (Lipinski definition) is 2. The zero-order valence-electron chi connectivity index (χ0n) is 8.98. The lowest BCUT2D eigenvalue weighted by molar-refractivity contribution is 0.112. The Morgan fingerprint density at radius 1 is 1.38 bits per heavy atom. The number of fused-ring (bicyclic) bond motifs is 1. The Balaban J connectivity index is 1.83. The van der Waals surface area contributed by atoms with Gasteiger partial charge in [-0.1, -0.05) is 12.1 Å². The first-order valence-electron chi connectivity index (χ1n) is 5.64. The number of ether oxygens (including phenoxy) is 1. The molecular weight excluding hydrogens is 204 g/mol. The van der Waals surface area contributed by atoms with Crippen LogP contribution in [0.5, 0.6) is 0 Å². The molecule has 0 spiro atoms. The molecule has 0 saturated heterocycles. The molecule has 0 radical (unpaired) electrons. The lowest BCUT2D eigenvalue weighted by atomic mass is 10.3. The fourth-order valence-corrected chi connectivity index (χ4v) is 1.87. The van der Waals surface area contributed by atoms with Crippen LogP contribution in [-0.2, 0) is 11.3 Å². The van der Waals surface area contributed by atoms with Crippen molar-refractivity contribution in [1.29, 1.82) is 0 Å². The molecule has 0 aliphatic heterocycles. The summed E-state index contributed by atoms with van der Waals surface area (Å²) in [5.41, 5.74) is 1.78. The van der Waals surface area contributed by atoms with Gasteiger partial charge in [-0.05, 0) is 25.0 Å². The van der Waals surface area contributed by atoms with Gasteiger partial charge in [-0.25, -0.2) is 4.79 Å². The highest BCUT2D eigenvalue weighted by Crippen LogP contribution is 2.23. The largest absolute Gasteiger partial charge is 0.376 e. The number of hydrogen-bond donors (Lipinski definition) is 1. The monoisotopic (exact) mass is 218 g/mol. The first-order valence-corrected chi connectivity index (χ1v) is 5.64. The van der Waals surface area contributed by atoms with Crippen LogP contribution in [0.2, 0.25) is 0 Å². The summed E-state index contributed by atoms with van der Waals surface area (Å²) < 4.78 is 7.29. The SMILES string of the molecule is O=c1[nH]c2ccccc2n1CCOC1CC1. The third-order valence-corrected chi connectivity index (χ3v) is 2.87. The lowest BCUT2D eigenvalue weighted by Gasteiger charge is -2.03. The molecule has 1 heterocycles. The number of aromatic amines is 1. The third-order valence-electron chi connectivity index (χ3n) is 2.87. The molecule has 16 heavy (non-hydrogen) atoms. The van der Waals surface area contributed by atoms with Crippen molar-refractivity contribution >= 4 is 11.0 Å². The van der Waals surface area contributed by atoms with Crippen LogP contribution >= 0.6 is 0 Å². The van der Waals surface area contributed by atoms with E-state index in [1.54, 1.807) is 4.57 Å². The number of benzene rings is 1. The molecule has 1 aromatic carbocycles. The molecule has 1 saturated carbocycles. The maximum Gasteiger partial charge on any atom is 0.326 e. The average molecular weight is 218 g/mol. The minimum Gasteiger partial charge on any atom is -0.376 e. The summed E-state index contributed by atoms with van der Waals surface area (Å²) in [7, 11) is 0. The molecule has 0 unspecified atom stereocenters. The minimum absolute atomic E-state index is 0.0550. The van der Waals surface area contributed by atoms with E-state index in [0.29, 0.717) is 19.3 Å². The highest BCUT2D eigenvalue weighted by Gasteiger charge is 2.21. The van der Waals surface area contributed by atoms with Gasteiger partial charge in [0.25, 0.3) is 0 Å². The molecule has 0 amide bonds. The minimum atomic E-state index is -0.0550. The number of imidazole rings is 1. The Kier molecular flexibility index (Phi) is 2.29. The fourth-order valence-electron chi connectivity index (χ4n) is 1.87. The second-order valence-corrected chi connectivity index (χ2v) is 4.17. The summed E-state index contributed by atoms with van der Waals surface area (Å²) in [6.45, 7) is 1.24. The van der Waals surface area contributed by atoms with Gasteiger partial charge in [-0.15, -0.1) is 0 Å². The van der Waals surface area contributed by atoms with Crippen molar-refractivity contribution in [3.8, 4) is 0 Å². The van der Waals surface area contributed by atoms with Crippen LogP contribution in [0.4, 0.5) is 0 Å². The third kappa shape index (κ3) is 1.76. The second-order valence-electron chi connectivity index (χ2n) is 4.17. The van der Waals surface area contributed by atoms with Crippen LogP contribution in [0.3, 0.4) is 0 Å². The number of nitrogens with one attached hydrogen (secondary N) is 1. The van der Waals surface area contributed by atoms with Gasteiger partial charge in [-0.2, -0.15) is 0 Å². The van der Waals surface area contributed by atoms with Crippen molar-refractivity contribution in [2.75, 3.05) is 6.61 Å². The standard InChI is InChI=1S/C12H14N2O2/c15-12-13-10-3-1-2-4-11(10)14(12)7-8-16-9-5-6-9/h1-4,9H,5-8H2,(H,13,15). The summed E-state index contributed by atoms with van der Waals surface area (Å²) >= 11 is 0. The molecule has 1 N–H and O–H groups in total. The Morgan fingerprint density at radius 3 is 3.00 bits per heavy atom. The summed E-state index contributed by atoms with van der Waals surface area (Å²) in [5, 5.41) is 0. The molecule has 1 aliphatic carbocycles. The number of rotatable bonds is 4. The maximum atomic E-state index is 11.7. The Morgan fingerprint density at radius 2 is 2.19 bits per heavy atom. The second kappa shape index (κ2) is 3.79. The highest BCUT2D eigenvalue weighted by atomic mass is 16.5. The molecule has 4 nitrogen and oxygen atoms in total. The van der Waals surface area contributed by atoms with Gasteiger partial charge in [0.15, 0.2) is 0 Å². The van der Waals surface area contributed by atoms with Crippen LogP contribution in [0, 0.1) is 0 Å². The Labute approximate surface area is 92.8 Å². The number of H-pyrrole nitrogens is 1. The molecule has 1 aromatic heterocycles. The van der Waals surface area contributed by atoms with Gasteiger partial charge < -0.3 is 9.72 Å². The van der Waals surface area contributed by atoms with Gasteiger partial charge in [0, 0.05) is 0 Å². The molecule has 1 fully saturated rings. The van der Waals surface area contributed by atoms with E-state index in [1.165, 1.54) is 12.8 Å². The molecule has 2 aromatic rings. The van der Waals surface area contributed by atoms with Crippen molar-refractivity contribution < 1.29 is 4.74 Å². The van der Waals surface area contributed by atoms with Crippen molar-refractivity contribution in [3.63, 3.8) is 0 Å². The smallest absolute Gasteiger partial charge is 0.326 e. The van der Waals surface area contributed by atoms with Gasteiger partial charge in [0.05, 0.1) is 30.3 Å². The average Bonchev–Trinajstić information content (AvgIpc) is 3.04. The summed E-state index contributed by atoms with van der Waals surface area (Å²) in [6, 6.07) is 7.72. The Bertz CT molecular complexity index is 551. The first-order chi connectivity index (χ1) is 7.84. The van der Waals surface area contributed by atoms with E-state index in [-0.39, 0.29) is 5.69 Å². The fraction of sp³-hybridized carbons (Fsp3) is 0.417. The van der Waals surface area contributed by atoms with Gasteiger partial charge in [0.2, 0.25) is 0 Å². The zero-order valence-corrected chi connectivity index (χ0v) is 8.98. The van der Waals surface area contributed by atoms with Crippen molar-refractivity contribution in [3.05, 3.63) is 34.7 Å². The number of nitrogens with zero attached hydrogens (tertiary/aromatic N) is 1. The first kappa shape index (κ1) is 9.66. The summed E-state index contributed by atoms with van der Waals surface area (Å²) in [5.74, 6) is 0. The van der Waals surface area contributed by atoms with Crippen molar-refractivity contribution in [2.24, 2.45) is 0 Å². The number of para-hydroxylation sites is 2. The van der Waals surface area contributed by atoms with Crippen LogP contribution in [0.25, 0.3) is 11.0 Å². The maximum absolute atomic E-state index is 11.7. The van der Waals surface area contributed by atoms with Gasteiger partial charge in [0.1, 0.15) is 0 Å². The molecule has 84 valence electrons. The predicted octanol–water partition coefficient (Wildman–Crippen LogP) is 1.51. The van der Waals surface area contributed by atoms with E-state index in [9.17, 15) is 4.79 Å². The van der Waals surface area contributed by atoms with E-state index in [1.807, 2.05) is 24.3 Å².